The summed E-state index contributed by atoms with van der Waals surface area (Å²) in [6.45, 7) is 16.4. The number of ketones is 1. The first kappa shape index (κ1) is 55.4. The van der Waals surface area contributed by atoms with Crippen LogP contribution in [0.25, 0.3) is 11.0 Å². The zero-order valence-electron chi connectivity index (χ0n) is 44.4. The third-order valence-corrected chi connectivity index (χ3v) is 14.7. The van der Waals surface area contributed by atoms with Crippen molar-refractivity contribution in [3.05, 3.63) is 86.4 Å². The van der Waals surface area contributed by atoms with Gasteiger partial charge in [0.05, 0.1) is 73.8 Å². The quantitative estimate of drug-likeness (QED) is 0.0453. The lowest BCUT2D eigenvalue weighted by Crippen LogP contribution is -2.49. The standard InChI is InChI=1S/C54H70N12O9S/c1-34-41-32-57-51(61-48(41)66(38-11-7-8-12-38)50(71)46(34)35(2)67)59-43-16-15-39(31-56-43)64-25-23-63(24-26-64)33-45(69)55-20-28-74-30-29-73-27-19-44(68)58-42-14-10-9-13-40(42)49(70)62-52-60-47(36(3)76-52)37-17-21-65(22-18-37)53(72)75-54(4,5)6/h9-10,13-16,31-32,37-38H,7-8,11-12,17-30,33H2,1-6H3,(H,55,69)(H,58,68)(H,60,62,70)(H,56,57,59,61). The van der Waals surface area contributed by atoms with E-state index in [0.29, 0.717) is 90.7 Å². The number of aryl methyl sites for hydroxylation is 2. The van der Waals surface area contributed by atoms with Crippen LogP contribution in [0.1, 0.15) is 121 Å². The van der Waals surface area contributed by atoms with Gasteiger partial charge in [-0.25, -0.2) is 19.7 Å². The van der Waals surface area contributed by atoms with Crippen molar-refractivity contribution < 1.29 is 38.2 Å². The second-order valence-corrected chi connectivity index (χ2v) is 21.7. The summed E-state index contributed by atoms with van der Waals surface area (Å²) in [4.78, 5) is 103. The molecule has 76 heavy (non-hydrogen) atoms. The number of hydrogen-bond acceptors (Lipinski definition) is 17. The van der Waals surface area contributed by atoms with Crippen LogP contribution >= 0.6 is 11.3 Å². The highest BCUT2D eigenvalue weighted by Crippen LogP contribution is 2.36. The van der Waals surface area contributed by atoms with Crippen LogP contribution in [-0.4, -0.2) is 148 Å². The molecule has 3 aliphatic rings. The molecule has 8 rings (SSSR count). The summed E-state index contributed by atoms with van der Waals surface area (Å²) in [6.07, 6.45) is 8.49. The third-order valence-electron chi connectivity index (χ3n) is 13.8. The van der Waals surface area contributed by atoms with Crippen LogP contribution in [0.3, 0.4) is 0 Å². The Labute approximate surface area is 446 Å². The van der Waals surface area contributed by atoms with Crippen molar-refractivity contribution in [2.45, 2.75) is 104 Å². The number of piperidine rings is 1. The summed E-state index contributed by atoms with van der Waals surface area (Å²) >= 11 is 1.40. The fourth-order valence-corrected chi connectivity index (χ4v) is 10.8. The number of rotatable bonds is 20. The van der Waals surface area contributed by atoms with E-state index in [4.69, 9.17) is 24.2 Å². The predicted molar refractivity (Wildman–Crippen MR) is 291 cm³/mol. The lowest BCUT2D eigenvalue weighted by atomic mass is 9.93. The van der Waals surface area contributed by atoms with Gasteiger partial charge in [0.2, 0.25) is 17.8 Å². The van der Waals surface area contributed by atoms with Gasteiger partial charge in [-0.15, -0.1) is 11.3 Å². The summed E-state index contributed by atoms with van der Waals surface area (Å²) in [6, 6.07) is 10.6. The average molecular weight is 1060 g/mol. The Morgan fingerprint density at radius 1 is 0.803 bits per heavy atom. The highest BCUT2D eigenvalue weighted by molar-refractivity contribution is 7.15. The summed E-state index contributed by atoms with van der Waals surface area (Å²) < 4.78 is 18.5. The van der Waals surface area contributed by atoms with Gasteiger partial charge < -0.3 is 40.0 Å². The van der Waals surface area contributed by atoms with Gasteiger partial charge in [0.1, 0.15) is 17.1 Å². The molecular weight excluding hydrogens is 993 g/mol. The van der Waals surface area contributed by atoms with Crippen molar-refractivity contribution in [1.29, 1.82) is 0 Å². The molecule has 2 aliphatic heterocycles. The van der Waals surface area contributed by atoms with Gasteiger partial charge in [0.15, 0.2) is 10.9 Å². The number of amides is 4. The molecule has 0 radical (unpaired) electrons. The minimum atomic E-state index is -0.553. The van der Waals surface area contributed by atoms with E-state index < -0.39 is 11.5 Å². The van der Waals surface area contributed by atoms with E-state index in [9.17, 15) is 28.8 Å². The Kier molecular flexibility index (Phi) is 18.4. The Bertz CT molecular complexity index is 2940. The second-order valence-electron chi connectivity index (χ2n) is 20.5. The van der Waals surface area contributed by atoms with E-state index >= 15 is 0 Å². The molecule has 2 saturated heterocycles. The topological polar surface area (TPSA) is 244 Å². The number of aromatic nitrogens is 5. The van der Waals surface area contributed by atoms with E-state index in [0.717, 1.165) is 67.9 Å². The van der Waals surface area contributed by atoms with E-state index in [1.165, 1.54) is 18.3 Å². The lowest BCUT2D eigenvalue weighted by Gasteiger charge is -2.35. The van der Waals surface area contributed by atoms with Gasteiger partial charge in [0, 0.05) is 74.2 Å². The number of anilines is 5. The van der Waals surface area contributed by atoms with Crippen LogP contribution in [0.2, 0.25) is 0 Å². The number of pyridine rings is 2. The van der Waals surface area contributed by atoms with E-state index in [1.807, 2.05) is 39.8 Å². The maximum absolute atomic E-state index is 13.6. The van der Waals surface area contributed by atoms with Crippen LogP contribution < -0.4 is 31.7 Å². The molecule has 4 N–H and O–H groups in total. The summed E-state index contributed by atoms with van der Waals surface area (Å²) in [7, 11) is 0. The number of hydrogen-bond donors (Lipinski definition) is 4. The van der Waals surface area contributed by atoms with Crippen molar-refractivity contribution in [2.75, 3.05) is 99.6 Å². The largest absolute Gasteiger partial charge is 0.444 e. The van der Waals surface area contributed by atoms with Gasteiger partial charge in [-0.3, -0.25) is 38.8 Å². The molecule has 3 fully saturated rings. The first-order chi connectivity index (χ1) is 36.5. The average Bonchev–Trinajstić information content (AvgIpc) is 4.05. The Hall–Kier alpha value is -6.88. The molecule has 5 aromatic rings. The fraction of sp³-hybridized carbons (Fsp3) is 0.519. The zero-order chi connectivity index (χ0) is 53.9. The van der Waals surface area contributed by atoms with Gasteiger partial charge in [-0.2, -0.15) is 4.98 Å². The summed E-state index contributed by atoms with van der Waals surface area (Å²) in [5.41, 5.74) is 3.02. The van der Waals surface area contributed by atoms with Crippen molar-refractivity contribution in [1.82, 2.24) is 39.6 Å². The van der Waals surface area contributed by atoms with Crippen molar-refractivity contribution in [3.8, 4) is 0 Å². The summed E-state index contributed by atoms with van der Waals surface area (Å²) in [5, 5.41) is 13.0. The number of nitrogens with zero attached hydrogens (tertiary/aromatic N) is 8. The predicted octanol–water partition coefficient (Wildman–Crippen LogP) is 6.99. The minimum absolute atomic E-state index is 0.0130. The first-order valence-electron chi connectivity index (χ1n) is 26.2. The van der Waals surface area contributed by atoms with Crippen molar-refractivity contribution in [2.24, 2.45) is 0 Å². The van der Waals surface area contributed by atoms with Gasteiger partial charge in [-0.05, 0) is 97.1 Å². The van der Waals surface area contributed by atoms with Gasteiger partial charge >= 0.3 is 6.09 Å². The van der Waals surface area contributed by atoms with E-state index in [1.54, 1.807) is 53.0 Å². The van der Waals surface area contributed by atoms with E-state index in [-0.39, 0.29) is 73.0 Å². The Morgan fingerprint density at radius 2 is 1.53 bits per heavy atom. The SMILES string of the molecule is CC(=O)c1c(C)c2cnc(Nc3ccc(N4CCN(CC(=O)NCCOCCOCCC(=O)Nc5ccccc5C(=O)Nc5nc(C6CCN(C(=O)OC(C)(C)C)CC6)c(C)s5)CC4)cn3)nc2n(C2CCCC2)c1=O. The number of carbonyl (C=O) groups excluding carboxylic acids is 5. The number of likely N-dealkylation sites (tertiary alicyclic amines) is 1. The molecule has 6 heterocycles. The van der Waals surface area contributed by atoms with Crippen LogP contribution in [-0.2, 0) is 23.8 Å². The molecule has 0 bridgehead atoms. The zero-order valence-corrected chi connectivity index (χ0v) is 45.2. The summed E-state index contributed by atoms with van der Waals surface area (Å²) in [5.74, 6) is -0.0152. The number of nitrogens with one attached hydrogen (secondary N) is 4. The number of carbonyl (C=O) groups is 5. The fourth-order valence-electron chi connectivity index (χ4n) is 9.91. The highest BCUT2D eigenvalue weighted by atomic mass is 32.1. The second kappa shape index (κ2) is 25.3. The van der Waals surface area contributed by atoms with Crippen LogP contribution in [0.15, 0.2) is 53.6 Å². The number of fused-ring (bicyclic) bond motifs is 1. The van der Waals surface area contributed by atoms with E-state index in [2.05, 4.69) is 41.0 Å². The molecule has 4 aromatic heterocycles. The van der Waals surface area contributed by atoms with Crippen LogP contribution in [0, 0.1) is 13.8 Å². The molecule has 0 unspecified atom stereocenters. The first-order valence-corrected chi connectivity index (χ1v) is 27.0. The number of Topliss-reactive ketones (excluding diaryl/α,β-unsaturated/α-hetero) is 1. The molecule has 21 nitrogen and oxygen atoms in total. The normalized spacial score (nSPS) is 15.7. The molecule has 4 amide bonds. The van der Waals surface area contributed by atoms with Crippen molar-refractivity contribution >= 4 is 80.2 Å². The monoisotopic (exact) mass is 1060 g/mol. The number of benzene rings is 1. The highest BCUT2D eigenvalue weighted by Gasteiger charge is 2.31. The van der Waals surface area contributed by atoms with Crippen molar-refractivity contribution in [3.63, 3.8) is 0 Å². The molecule has 0 spiro atoms. The Morgan fingerprint density at radius 3 is 2.22 bits per heavy atom. The minimum Gasteiger partial charge on any atom is -0.444 e. The van der Waals surface area contributed by atoms with Gasteiger partial charge in [-0.1, -0.05) is 25.0 Å². The van der Waals surface area contributed by atoms with Gasteiger partial charge in [0.25, 0.3) is 11.5 Å². The molecule has 0 atom stereocenters. The number of piperazine rings is 1. The van der Waals surface area contributed by atoms with Crippen LogP contribution in [0.4, 0.5) is 33.1 Å². The smallest absolute Gasteiger partial charge is 0.410 e. The van der Waals surface area contributed by atoms with Crippen LogP contribution in [0.5, 0.6) is 0 Å². The molecule has 406 valence electrons. The molecular formula is C54H70N12O9S. The maximum atomic E-state index is 13.6. The molecule has 1 saturated carbocycles. The Balaban J connectivity index is 0.681. The lowest BCUT2D eigenvalue weighted by molar-refractivity contribution is -0.122. The number of ether oxygens (including phenoxy) is 3. The number of thiazole rings is 1. The third kappa shape index (κ3) is 14.3. The number of para-hydroxylation sites is 1. The molecule has 1 aliphatic carbocycles. The maximum Gasteiger partial charge on any atom is 0.410 e. The molecule has 1 aromatic carbocycles. The molecule has 22 heteroatoms.